The first-order valence-corrected chi connectivity index (χ1v) is 3.64. The Hall–Kier alpha value is -0.0800. The summed E-state index contributed by atoms with van der Waals surface area (Å²) >= 11 is 0. The molecule has 2 unspecified atom stereocenters. The molecule has 9 heavy (non-hydrogen) atoms. The molecule has 54 valence electrons. The lowest BCUT2D eigenvalue weighted by Gasteiger charge is -1.87. The summed E-state index contributed by atoms with van der Waals surface area (Å²) in [7, 11) is 0. The highest BCUT2D eigenvalue weighted by atomic mass is 16.6. The summed E-state index contributed by atoms with van der Waals surface area (Å²) in [5, 5.41) is 8.48. The molecule has 0 aliphatic carbocycles. The quantitative estimate of drug-likeness (QED) is 0.574. The van der Waals surface area contributed by atoms with Crippen LogP contribution >= 0.6 is 0 Å². The molecule has 0 aromatic heterocycles. The van der Waals surface area contributed by atoms with Gasteiger partial charge in [0.05, 0.1) is 12.2 Å². The van der Waals surface area contributed by atoms with Gasteiger partial charge in [0, 0.05) is 6.61 Å². The van der Waals surface area contributed by atoms with E-state index >= 15 is 0 Å². The van der Waals surface area contributed by atoms with E-state index in [1.165, 1.54) is 6.42 Å². The number of aliphatic hydroxyl groups is 1. The van der Waals surface area contributed by atoms with Crippen LogP contribution in [0, 0.1) is 0 Å². The topological polar surface area (TPSA) is 32.8 Å². The van der Waals surface area contributed by atoms with Gasteiger partial charge in [-0.25, -0.2) is 0 Å². The SMILES string of the molecule is CCCC1OC1CCO. The molecule has 1 aliphatic rings. The monoisotopic (exact) mass is 130 g/mol. The number of epoxide rings is 1. The van der Waals surface area contributed by atoms with E-state index in [-0.39, 0.29) is 6.61 Å². The Balaban J connectivity index is 1.96. The van der Waals surface area contributed by atoms with Crippen LogP contribution in [0.2, 0.25) is 0 Å². The van der Waals surface area contributed by atoms with Gasteiger partial charge in [0.2, 0.25) is 0 Å². The molecule has 1 saturated heterocycles. The van der Waals surface area contributed by atoms with Gasteiger partial charge in [0.25, 0.3) is 0 Å². The fourth-order valence-corrected chi connectivity index (χ4v) is 1.10. The maximum atomic E-state index is 8.48. The molecule has 1 fully saturated rings. The third-order valence-corrected chi connectivity index (χ3v) is 1.67. The Bertz CT molecular complexity index is 73.0. The normalized spacial score (nSPS) is 32.7. The molecule has 2 heteroatoms. The zero-order chi connectivity index (χ0) is 6.69. The van der Waals surface area contributed by atoms with Gasteiger partial charge in [-0.3, -0.25) is 0 Å². The molecule has 2 nitrogen and oxygen atoms in total. The second-order valence-electron chi connectivity index (χ2n) is 2.51. The smallest absolute Gasteiger partial charge is 0.0863 e. The molecule has 0 saturated carbocycles. The molecule has 1 heterocycles. The lowest BCUT2D eigenvalue weighted by atomic mass is 10.2. The summed E-state index contributed by atoms with van der Waals surface area (Å²) in [5.74, 6) is 0. The van der Waals surface area contributed by atoms with E-state index in [1.54, 1.807) is 0 Å². The highest BCUT2D eigenvalue weighted by Gasteiger charge is 2.36. The first kappa shape index (κ1) is 7.03. The summed E-state index contributed by atoms with van der Waals surface area (Å²) in [5.41, 5.74) is 0. The van der Waals surface area contributed by atoms with Crippen molar-refractivity contribution in [3.63, 3.8) is 0 Å². The lowest BCUT2D eigenvalue weighted by Crippen LogP contribution is -1.95. The van der Waals surface area contributed by atoms with Crippen LogP contribution in [0.5, 0.6) is 0 Å². The predicted octanol–water partition coefficient (Wildman–Crippen LogP) is 0.936. The lowest BCUT2D eigenvalue weighted by molar-refractivity contribution is 0.262. The molecular formula is C7H14O2. The van der Waals surface area contributed by atoms with Crippen LogP contribution in [0.3, 0.4) is 0 Å². The Kier molecular flexibility index (Phi) is 2.49. The average Bonchev–Trinajstić information content (AvgIpc) is 2.50. The maximum Gasteiger partial charge on any atom is 0.0863 e. The van der Waals surface area contributed by atoms with Gasteiger partial charge in [-0.15, -0.1) is 0 Å². The van der Waals surface area contributed by atoms with E-state index in [0.29, 0.717) is 12.2 Å². The van der Waals surface area contributed by atoms with E-state index in [2.05, 4.69) is 6.92 Å². The van der Waals surface area contributed by atoms with E-state index in [9.17, 15) is 0 Å². The van der Waals surface area contributed by atoms with Crippen LogP contribution in [-0.2, 0) is 4.74 Å². The molecule has 0 spiro atoms. The fraction of sp³-hybridized carbons (Fsp3) is 1.00. The Morgan fingerprint density at radius 2 is 2.00 bits per heavy atom. The molecule has 0 aromatic rings. The molecule has 0 bridgehead atoms. The summed E-state index contributed by atoms with van der Waals surface area (Å²) in [4.78, 5) is 0. The van der Waals surface area contributed by atoms with Crippen LogP contribution in [0.15, 0.2) is 0 Å². The van der Waals surface area contributed by atoms with Crippen molar-refractivity contribution in [2.24, 2.45) is 0 Å². The van der Waals surface area contributed by atoms with E-state index < -0.39 is 0 Å². The van der Waals surface area contributed by atoms with Crippen molar-refractivity contribution in [3.8, 4) is 0 Å². The van der Waals surface area contributed by atoms with Crippen LogP contribution in [-0.4, -0.2) is 23.9 Å². The minimum Gasteiger partial charge on any atom is -0.396 e. The van der Waals surface area contributed by atoms with Gasteiger partial charge in [-0.05, 0) is 12.8 Å². The van der Waals surface area contributed by atoms with Crippen molar-refractivity contribution in [3.05, 3.63) is 0 Å². The van der Waals surface area contributed by atoms with Gasteiger partial charge in [-0.2, -0.15) is 0 Å². The van der Waals surface area contributed by atoms with Gasteiger partial charge >= 0.3 is 0 Å². The summed E-state index contributed by atoms with van der Waals surface area (Å²) in [6, 6.07) is 0. The highest BCUT2D eigenvalue weighted by Crippen LogP contribution is 2.28. The standard InChI is InChI=1S/C7H14O2/c1-2-3-6-7(9-6)4-5-8/h6-8H,2-5H2,1H3. The Labute approximate surface area is 55.8 Å². The highest BCUT2D eigenvalue weighted by molar-refractivity contribution is 4.83. The van der Waals surface area contributed by atoms with E-state index in [1.807, 2.05) is 0 Å². The van der Waals surface area contributed by atoms with Crippen molar-refractivity contribution in [1.29, 1.82) is 0 Å². The number of rotatable bonds is 4. The average molecular weight is 130 g/mol. The number of aliphatic hydroxyl groups excluding tert-OH is 1. The molecule has 2 atom stereocenters. The van der Waals surface area contributed by atoms with Crippen molar-refractivity contribution in [2.75, 3.05) is 6.61 Å². The van der Waals surface area contributed by atoms with Gasteiger partial charge in [0.1, 0.15) is 0 Å². The van der Waals surface area contributed by atoms with Crippen molar-refractivity contribution < 1.29 is 9.84 Å². The molecule has 1 aliphatic heterocycles. The third kappa shape index (κ3) is 1.95. The zero-order valence-electron chi connectivity index (χ0n) is 5.84. The first-order valence-electron chi connectivity index (χ1n) is 3.64. The van der Waals surface area contributed by atoms with Crippen LogP contribution in [0.25, 0.3) is 0 Å². The number of ether oxygens (including phenoxy) is 1. The van der Waals surface area contributed by atoms with Crippen LogP contribution < -0.4 is 0 Å². The minimum absolute atomic E-state index is 0.269. The van der Waals surface area contributed by atoms with Gasteiger partial charge in [-0.1, -0.05) is 13.3 Å². The molecule has 1 N–H and O–H groups in total. The summed E-state index contributed by atoms with van der Waals surface area (Å²) in [6.07, 6.45) is 4.03. The largest absolute Gasteiger partial charge is 0.396 e. The van der Waals surface area contributed by atoms with Crippen molar-refractivity contribution >= 4 is 0 Å². The molecule has 0 radical (unpaired) electrons. The summed E-state index contributed by atoms with van der Waals surface area (Å²) in [6.45, 7) is 2.42. The first-order chi connectivity index (χ1) is 4.38. The Morgan fingerprint density at radius 1 is 1.33 bits per heavy atom. The Morgan fingerprint density at radius 3 is 2.56 bits per heavy atom. The zero-order valence-corrected chi connectivity index (χ0v) is 5.84. The van der Waals surface area contributed by atoms with E-state index in [4.69, 9.17) is 9.84 Å². The van der Waals surface area contributed by atoms with Crippen molar-refractivity contribution in [2.45, 2.75) is 38.4 Å². The number of hydrogen-bond donors (Lipinski definition) is 1. The molecule has 0 aromatic carbocycles. The van der Waals surface area contributed by atoms with Gasteiger partial charge < -0.3 is 9.84 Å². The van der Waals surface area contributed by atoms with Crippen LogP contribution in [0.1, 0.15) is 26.2 Å². The van der Waals surface area contributed by atoms with E-state index in [0.717, 1.165) is 12.8 Å². The molecule has 1 rings (SSSR count). The molecular weight excluding hydrogens is 116 g/mol. The summed E-state index contributed by atoms with van der Waals surface area (Å²) < 4.78 is 5.24. The second-order valence-corrected chi connectivity index (χ2v) is 2.51. The second kappa shape index (κ2) is 3.18. The van der Waals surface area contributed by atoms with Gasteiger partial charge in [0.15, 0.2) is 0 Å². The van der Waals surface area contributed by atoms with Crippen LogP contribution in [0.4, 0.5) is 0 Å². The third-order valence-electron chi connectivity index (χ3n) is 1.67. The number of hydrogen-bond acceptors (Lipinski definition) is 2. The fourth-order valence-electron chi connectivity index (χ4n) is 1.10. The maximum absolute atomic E-state index is 8.48. The van der Waals surface area contributed by atoms with Crippen molar-refractivity contribution in [1.82, 2.24) is 0 Å². The minimum atomic E-state index is 0.269. The predicted molar refractivity (Wildman–Crippen MR) is 35.3 cm³/mol. The molecule has 0 amide bonds.